The Kier molecular flexibility index (Phi) is 5.22. The topological polar surface area (TPSA) is 38.0 Å². The maximum Gasteiger partial charge on any atom is 0.0205 e. The van der Waals surface area contributed by atoms with Crippen LogP contribution in [0.1, 0.15) is 18.4 Å². The Balaban J connectivity index is 2.07. The first-order valence-electron chi connectivity index (χ1n) is 4.88. The van der Waals surface area contributed by atoms with Gasteiger partial charge in [-0.3, -0.25) is 0 Å². The van der Waals surface area contributed by atoms with E-state index < -0.39 is 0 Å². The highest BCUT2D eigenvalue weighted by molar-refractivity contribution is 5.14. The molecule has 1 aromatic rings. The first-order chi connectivity index (χ1) is 6.43. The van der Waals surface area contributed by atoms with Gasteiger partial charge in [-0.05, 0) is 31.5 Å². The molecule has 0 saturated carbocycles. The molecule has 2 nitrogen and oxygen atoms in total. The third-order valence-corrected chi connectivity index (χ3v) is 1.98. The molecular weight excluding hydrogens is 160 g/mol. The predicted molar refractivity (Wildman–Crippen MR) is 56.4 cm³/mol. The van der Waals surface area contributed by atoms with Gasteiger partial charge in [-0.25, -0.2) is 0 Å². The average molecular weight is 178 g/mol. The molecule has 0 unspecified atom stereocenters. The quantitative estimate of drug-likeness (QED) is 0.648. The molecule has 0 bridgehead atoms. The second-order valence-corrected chi connectivity index (χ2v) is 3.16. The zero-order chi connectivity index (χ0) is 9.36. The van der Waals surface area contributed by atoms with Gasteiger partial charge in [0.2, 0.25) is 0 Å². The molecule has 0 heterocycles. The van der Waals surface area contributed by atoms with Crippen LogP contribution in [-0.2, 0) is 6.54 Å². The van der Waals surface area contributed by atoms with Crippen LogP contribution in [0.3, 0.4) is 0 Å². The number of nitrogens with one attached hydrogen (secondary N) is 1. The Morgan fingerprint density at radius 2 is 1.85 bits per heavy atom. The normalized spacial score (nSPS) is 10.2. The fraction of sp³-hybridized carbons (Fsp3) is 0.455. The molecular formula is C11H18N2. The van der Waals surface area contributed by atoms with E-state index in [1.165, 1.54) is 12.0 Å². The highest BCUT2D eigenvalue weighted by Crippen LogP contribution is 1.97. The van der Waals surface area contributed by atoms with Gasteiger partial charge in [0.25, 0.3) is 0 Å². The lowest BCUT2D eigenvalue weighted by Crippen LogP contribution is -2.15. The fourth-order valence-electron chi connectivity index (χ4n) is 1.22. The Hall–Kier alpha value is -0.860. The van der Waals surface area contributed by atoms with Gasteiger partial charge in [-0.2, -0.15) is 0 Å². The van der Waals surface area contributed by atoms with E-state index in [4.69, 9.17) is 5.73 Å². The monoisotopic (exact) mass is 178 g/mol. The molecule has 0 fully saturated rings. The lowest BCUT2D eigenvalue weighted by atomic mass is 10.2. The standard InChI is InChI=1S/C11H18N2/c12-8-4-5-9-13-10-11-6-2-1-3-7-11/h1-3,6-7,13H,4-5,8-10,12H2. The summed E-state index contributed by atoms with van der Waals surface area (Å²) in [6.07, 6.45) is 2.28. The average Bonchev–Trinajstić information content (AvgIpc) is 2.19. The molecule has 0 aliphatic heterocycles. The molecule has 3 N–H and O–H groups in total. The second kappa shape index (κ2) is 6.63. The van der Waals surface area contributed by atoms with Crippen molar-refractivity contribution in [2.45, 2.75) is 19.4 Å². The second-order valence-electron chi connectivity index (χ2n) is 3.16. The summed E-state index contributed by atoms with van der Waals surface area (Å²) in [5, 5.41) is 3.38. The Labute approximate surface area is 80.1 Å². The molecule has 0 amide bonds. The van der Waals surface area contributed by atoms with Gasteiger partial charge in [-0.15, -0.1) is 0 Å². The summed E-state index contributed by atoms with van der Waals surface area (Å²) < 4.78 is 0. The van der Waals surface area contributed by atoms with Crippen LogP contribution in [0, 0.1) is 0 Å². The minimum Gasteiger partial charge on any atom is -0.330 e. The lowest BCUT2D eigenvalue weighted by molar-refractivity contribution is 0.627. The number of nitrogens with two attached hydrogens (primary N) is 1. The zero-order valence-electron chi connectivity index (χ0n) is 8.00. The molecule has 1 rings (SSSR count). The predicted octanol–water partition coefficient (Wildman–Crippen LogP) is 1.52. The van der Waals surface area contributed by atoms with Crippen LogP contribution in [0.4, 0.5) is 0 Å². The summed E-state index contributed by atoms with van der Waals surface area (Å²) in [6.45, 7) is 2.82. The molecule has 0 radical (unpaired) electrons. The Bertz CT molecular complexity index is 209. The highest BCUT2D eigenvalue weighted by Gasteiger charge is 1.89. The summed E-state index contributed by atoms with van der Waals surface area (Å²) >= 11 is 0. The third-order valence-electron chi connectivity index (χ3n) is 1.98. The summed E-state index contributed by atoms with van der Waals surface area (Å²) in [4.78, 5) is 0. The minimum absolute atomic E-state index is 0.799. The van der Waals surface area contributed by atoms with E-state index in [1.807, 2.05) is 6.07 Å². The van der Waals surface area contributed by atoms with Crippen molar-refractivity contribution < 1.29 is 0 Å². The molecule has 1 aromatic carbocycles. The number of hydrogen-bond acceptors (Lipinski definition) is 2. The van der Waals surface area contributed by atoms with Crippen LogP contribution in [0.25, 0.3) is 0 Å². The number of unbranched alkanes of at least 4 members (excludes halogenated alkanes) is 1. The maximum absolute atomic E-state index is 5.39. The van der Waals surface area contributed by atoms with Crippen molar-refractivity contribution in [1.29, 1.82) is 0 Å². The van der Waals surface area contributed by atoms with Gasteiger partial charge < -0.3 is 11.1 Å². The van der Waals surface area contributed by atoms with Crippen molar-refractivity contribution in [2.75, 3.05) is 13.1 Å². The Morgan fingerprint density at radius 1 is 1.08 bits per heavy atom. The van der Waals surface area contributed by atoms with Crippen molar-refractivity contribution in [3.8, 4) is 0 Å². The van der Waals surface area contributed by atoms with Crippen LogP contribution >= 0.6 is 0 Å². The first-order valence-corrected chi connectivity index (χ1v) is 4.88. The SMILES string of the molecule is NCCCCNCc1ccccc1. The highest BCUT2D eigenvalue weighted by atomic mass is 14.8. The van der Waals surface area contributed by atoms with Gasteiger partial charge in [0.05, 0.1) is 0 Å². The number of hydrogen-bond donors (Lipinski definition) is 2. The number of benzene rings is 1. The van der Waals surface area contributed by atoms with Crippen LogP contribution < -0.4 is 11.1 Å². The molecule has 0 atom stereocenters. The van der Waals surface area contributed by atoms with Gasteiger partial charge in [0.15, 0.2) is 0 Å². The summed E-state index contributed by atoms with van der Waals surface area (Å²) in [5.41, 5.74) is 6.74. The van der Waals surface area contributed by atoms with Gasteiger partial charge in [0, 0.05) is 6.54 Å². The largest absolute Gasteiger partial charge is 0.330 e. The maximum atomic E-state index is 5.39. The van der Waals surface area contributed by atoms with Gasteiger partial charge >= 0.3 is 0 Å². The molecule has 0 saturated heterocycles. The van der Waals surface area contributed by atoms with Crippen molar-refractivity contribution in [3.63, 3.8) is 0 Å². The van der Waals surface area contributed by atoms with E-state index in [0.717, 1.165) is 26.1 Å². The fourth-order valence-corrected chi connectivity index (χ4v) is 1.22. The summed E-state index contributed by atoms with van der Waals surface area (Å²) in [6, 6.07) is 10.4. The molecule has 0 spiro atoms. The Morgan fingerprint density at radius 3 is 2.54 bits per heavy atom. The number of rotatable bonds is 6. The van der Waals surface area contributed by atoms with Crippen LogP contribution in [0.5, 0.6) is 0 Å². The van der Waals surface area contributed by atoms with Crippen LogP contribution in [0.15, 0.2) is 30.3 Å². The van der Waals surface area contributed by atoms with E-state index in [0.29, 0.717) is 0 Å². The van der Waals surface area contributed by atoms with Crippen LogP contribution in [-0.4, -0.2) is 13.1 Å². The van der Waals surface area contributed by atoms with E-state index in [-0.39, 0.29) is 0 Å². The van der Waals surface area contributed by atoms with Crippen molar-refractivity contribution in [3.05, 3.63) is 35.9 Å². The van der Waals surface area contributed by atoms with E-state index in [9.17, 15) is 0 Å². The molecule has 72 valence electrons. The third kappa shape index (κ3) is 4.65. The van der Waals surface area contributed by atoms with Gasteiger partial charge in [-0.1, -0.05) is 30.3 Å². The molecule has 13 heavy (non-hydrogen) atoms. The van der Waals surface area contributed by atoms with Crippen LogP contribution in [0.2, 0.25) is 0 Å². The van der Waals surface area contributed by atoms with Crippen molar-refractivity contribution in [2.24, 2.45) is 5.73 Å². The zero-order valence-corrected chi connectivity index (χ0v) is 8.00. The first kappa shape index (κ1) is 10.2. The van der Waals surface area contributed by atoms with E-state index in [1.54, 1.807) is 0 Å². The molecule has 0 aromatic heterocycles. The summed E-state index contributed by atoms with van der Waals surface area (Å²) in [5.74, 6) is 0. The molecule has 0 aliphatic rings. The molecule has 2 heteroatoms. The minimum atomic E-state index is 0.799. The van der Waals surface area contributed by atoms with Crippen molar-refractivity contribution in [1.82, 2.24) is 5.32 Å². The van der Waals surface area contributed by atoms with Crippen molar-refractivity contribution >= 4 is 0 Å². The van der Waals surface area contributed by atoms with E-state index >= 15 is 0 Å². The van der Waals surface area contributed by atoms with Gasteiger partial charge in [0.1, 0.15) is 0 Å². The lowest BCUT2D eigenvalue weighted by Gasteiger charge is -2.03. The van der Waals surface area contributed by atoms with E-state index in [2.05, 4.69) is 29.6 Å². The molecule has 0 aliphatic carbocycles. The smallest absolute Gasteiger partial charge is 0.0205 e. The summed E-state index contributed by atoms with van der Waals surface area (Å²) in [7, 11) is 0.